The van der Waals surface area contributed by atoms with E-state index in [4.69, 9.17) is 4.98 Å². The molecule has 1 saturated heterocycles. The Bertz CT molecular complexity index is 892. The molecule has 0 aliphatic carbocycles. The maximum atomic E-state index is 13.9. The van der Waals surface area contributed by atoms with Gasteiger partial charge >= 0.3 is 0 Å². The van der Waals surface area contributed by atoms with E-state index >= 15 is 0 Å². The maximum absolute atomic E-state index is 13.9. The molecule has 1 N–H and O–H groups in total. The lowest BCUT2D eigenvalue weighted by molar-refractivity contribution is 0.230. The topological polar surface area (TPSA) is 32.6 Å². The Labute approximate surface area is 153 Å². The molecule has 5 heteroatoms. The van der Waals surface area contributed by atoms with Gasteiger partial charge in [-0.15, -0.1) is 0 Å². The van der Waals surface area contributed by atoms with Crippen molar-refractivity contribution in [3.8, 4) is 11.3 Å². The summed E-state index contributed by atoms with van der Waals surface area (Å²) < 4.78 is 15.8. The molecule has 0 radical (unpaired) electrons. The Hall–Kier alpha value is -2.24. The van der Waals surface area contributed by atoms with Crippen molar-refractivity contribution in [1.82, 2.24) is 19.6 Å². The van der Waals surface area contributed by atoms with Gasteiger partial charge in [-0.25, -0.2) is 9.37 Å². The average Bonchev–Trinajstić information content (AvgIpc) is 3.00. The summed E-state index contributed by atoms with van der Waals surface area (Å²) in [5.74, 6) is 0.262. The number of benzene rings is 1. The number of fused-ring (bicyclic) bond motifs is 1. The first kappa shape index (κ1) is 17.2. The fraction of sp³-hybridized carbons (Fsp3) is 0.381. The summed E-state index contributed by atoms with van der Waals surface area (Å²) in [5.41, 5.74) is 5.19. The van der Waals surface area contributed by atoms with Gasteiger partial charge in [0.25, 0.3) is 0 Å². The van der Waals surface area contributed by atoms with Crippen LogP contribution in [0.4, 0.5) is 4.39 Å². The van der Waals surface area contributed by atoms with Crippen LogP contribution in [0.1, 0.15) is 31.0 Å². The van der Waals surface area contributed by atoms with Crippen LogP contribution in [0.3, 0.4) is 0 Å². The Balaban J connectivity index is 1.78. The molecule has 1 aromatic carbocycles. The molecule has 3 aromatic rings. The molecular weight excluding hydrogens is 327 g/mol. The predicted octanol–water partition coefficient (Wildman–Crippen LogP) is 3.67. The zero-order valence-corrected chi connectivity index (χ0v) is 15.4. The van der Waals surface area contributed by atoms with Gasteiger partial charge in [0, 0.05) is 44.5 Å². The van der Waals surface area contributed by atoms with Crippen LogP contribution in [0, 0.1) is 5.82 Å². The third kappa shape index (κ3) is 3.37. The first-order valence-electron chi connectivity index (χ1n) is 9.32. The minimum Gasteiger partial charge on any atom is -0.314 e. The van der Waals surface area contributed by atoms with E-state index in [9.17, 15) is 4.39 Å². The van der Waals surface area contributed by atoms with Crippen molar-refractivity contribution in [2.75, 3.05) is 26.2 Å². The van der Waals surface area contributed by atoms with Gasteiger partial charge in [-0.1, -0.05) is 38.1 Å². The predicted molar refractivity (Wildman–Crippen MR) is 103 cm³/mol. The van der Waals surface area contributed by atoms with E-state index in [0.29, 0.717) is 5.92 Å². The molecule has 0 amide bonds. The van der Waals surface area contributed by atoms with Gasteiger partial charge in [0.05, 0.1) is 11.4 Å². The molecule has 0 unspecified atom stereocenters. The molecule has 4 nitrogen and oxygen atoms in total. The van der Waals surface area contributed by atoms with Crippen LogP contribution in [0.2, 0.25) is 0 Å². The van der Waals surface area contributed by atoms with Crippen molar-refractivity contribution in [2.24, 2.45) is 0 Å². The Morgan fingerprint density at radius 3 is 2.50 bits per heavy atom. The van der Waals surface area contributed by atoms with E-state index in [-0.39, 0.29) is 5.82 Å². The molecule has 3 heterocycles. The number of piperazine rings is 1. The molecule has 26 heavy (non-hydrogen) atoms. The Morgan fingerprint density at radius 2 is 1.81 bits per heavy atom. The number of aromatic nitrogens is 2. The molecule has 1 aliphatic rings. The summed E-state index contributed by atoms with van der Waals surface area (Å²) >= 11 is 0. The van der Waals surface area contributed by atoms with E-state index in [1.165, 1.54) is 11.6 Å². The third-order valence-corrected chi connectivity index (χ3v) is 5.12. The minimum atomic E-state index is -0.238. The number of pyridine rings is 1. The lowest BCUT2D eigenvalue weighted by Crippen LogP contribution is -2.43. The molecule has 1 aliphatic heterocycles. The van der Waals surface area contributed by atoms with E-state index in [1.807, 2.05) is 4.40 Å². The highest BCUT2D eigenvalue weighted by Gasteiger charge is 2.19. The molecule has 0 atom stereocenters. The van der Waals surface area contributed by atoms with E-state index in [2.05, 4.69) is 48.3 Å². The summed E-state index contributed by atoms with van der Waals surface area (Å²) in [6.45, 7) is 9.13. The normalized spacial score (nSPS) is 15.8. The van der Waals surface area contributed by atoms with Crippen LogP contribution in [0.25, 0.3) is 16.9 Å². The van der Waals surface area contributed by atoms with E-state index < -0.39 is 0 Å². The van der Waals surface area contributed by atoms with E-state index in [0.717, 1.165) is 55.3 Å². The van der Waals surface area contributed by atoms with Crippen molar-refractivity contribution in [2.45, 2.75) is 26.3 Å². The minimum absolute atomic E-state index is 0.238. The molecule has 1 fully saturated rings. The molecular formula is C21H25FN4. The largest absolute Gasteiger partial charge is 0.314 e. The van der Waals surface area contributed by atoms with Crippen molar-refractivity contribution < 1.29 is 4.39 Å². The van der Waals surface area contributed by atoms with Crippen molar-refractivity contribution in [3.05, 3.63) is 59.7 Å². The highest BCUT2D eigenvalue weighted by atomic mass is 19.1. The van der Waals surface area contributed by atoms with Crippen molar-refractivity contribution in [3.63, 3.8) is 0 Å². The number of hydrogen-bond acceptors (Lipinski definition) is 3. The first-order chi connectivity index (χ1) is 12.6. The number of halogens is 1. The van der Waals surface area contributed by atoms with Crippen LogP contribution in [0.15, 0.2) is 42.6 Å². The second-order valence-corrected chi connectivity index (χ2v) is 7.29. The first-order valence-corrected chi connectivity index (χ1v) is 9.32. The van der Waals surface area contributed by atoms with Crippen molar-refractivity contribution in [1.29, 1.82) is 0 Å². The summed E-state index contributed by atoms with van der Waals surface area (Å²) in [6.07, 6.45) is 1.55. The van der Waals surface area contributed by atoms with Crippen LogP contribution < -0.4 is 5.32 Å². The Kier molecular flexibility index (Phi) is 4.74. The zero-order chi connectivity index (χ0) is 18.1. The lowest BCUT2D eigenvalue weighted by Gasteiger charge is -2.27. The molecule has 0 saturated carbocycles. The van der Waals surface area contributed by atoms with Gasteiger partial charge in [-0.05, 0) is 23.6 Å². The summed E-state index contributed by atoms with van der Waals surface area (Å²) in [4.78, 5) is 7.22. The quantitative estimate of drug-likeness (QED) is 0.778. The Morgan fingerprint density at radius 1 is 1.08 bits per heavy atom. The molecule has 2 aromatic heterocycles. The van der Waals surface area contributed by atoms with Crippen LogP contribution in [0.5, 0.6) is 0 Å². The number of rotatable bonds is 4. The number of nitrogens with zero attached hydrogens (tertiary/aromatic N) is 3. The smallest absolute Gasteiger partial charge is 0.139 e. The number of imidazole rings is 1. The molecule has 4 rings (SSSR count). The van der Waals surface area contributed by atoms with Gasteiger partial charge in [-0.3, -0.25) is 9.30 Å². The summed E-state index contributed by atoms with van der Waals surface area (Å²) in [7, 11) is 0. The van der Waals surface area contributed by atoms with Crippen LogP contribution in [-0.2, 0) is 6.54 Å². The average molecular weight is 352 g/mol. The third-order valence-electron chi connectivity index (χ3n) is 5.12. The van der Waals surface area contributed by atoms with Crippen LogP contribution in [-0.4, -0.2) is 40.5 Å². The maximum Gasteiger partial charge on any atom is 0.139 e. The lowest BCUT2D eigenvalue weighted by atomic mass is 10.0. The van der Waals surface area contributed by atoms with Crippen molar-refractivity contribution >= 4 is 5.65 Å². The monoisotopic (exact) mass is 352 g/mol. The molecule has 0 bridgehead atoms. The summed E-state index contributed by atoms with van der Waals surface area (Å²) in [5, 5.41) is 3.38. The van der Waals surface area contributed by atoms with E-state index in [1.54, 1.807) is 12.3 Å². The van der Waals surface area contributed by atoms with Gasteiger partial charge in [0.1, 0.15) is 11.5 Å². The van der Waals surface area contributed by atoms with Gasteiger partial charge in [-0.2, -0.15) is 0 Å². The van der Waals surface area contributed by atoms with Gasteiger partial charge in [0.2, 0.25) is 0 Å². The highest BCUT2D eigenvalue weighted by molar-refractivity contribution is 5.67. The van der Waals surface area contributed by atoms with Crippen LogP contribution >= 0.6 is 0 Å². The SMILES string of the molecule is CC(C)c1ccc(-c2nc3ccc(F)cn3c2CN2CCNCC2)cc1. The second kappa shape index (κ2) is 7.17. The van der Waals surface area contributed by atoms with Gasteiger partial charge < -0.3 is 5.32 Å². The second-order valence-electron chi connectivity index (χ2n) is 7.29. The fourth-order valence-corrected chi connectivity index (χ4v) is 3.56. The fourth-order valence-electron chi connectivity index (χ4n) is 3.56. The molecule has 0 spiro atoms. The van der Waals surface area contributed by atoms with Gasteiger partial charge in [0.15, 0.2) is 0 Å². The molecule has 136 valence electrons. The zero-order valence-electron chi connectivity index (χ0n) is 15.4. The summed E-state index contributed by atoms with van der Waals surface area (Å²) in [6, 6.07) is 11.8. The number of hydrogen-bond donors (Lipinski definition) is 1. The number of nitrogens with one attached hydrogen (secondary N) is 1. The standard InChI is InChI=1S/C21H25FN4/c1-15(2)16-3-5-17(6-4-16)21-19(14-25-11-9-23-10-12-25)26-13-18(22)7-8-20(26)24-21/h3-8,13,15,23H,9-12,14H2,1-2H3. The highest BCUT2D eigenvalue weighted by Crippen LogP contribution is 2.27.